The molecule has 0 aromatic heterocycles. The molecule has 0 heterocycles. The van der Waals surface area contributed by atoms with Crippen LogP contribution in [0.25, 0.3) is 0 Å². The molecule has 0 aliphatic carbocycles. The van der Waals surface area contributed by atoms with E-state index in [4.69, 9.17) is 14.8 Å². The number of aliphatic hydroxyl groups is 2. The summed E-state index contributed by atoms with van der Waals surface area (Å²) in [6.45, 7) is 1.05. The summed E-state index contributed by atoms with van der Waals surface area (Å²) in [4.78, 5) is 0. The van der Waals surface area contributed by atoms with Crippen LogP contribution in [-0.2, 0) is 10.1 Å². The first kappa shape index (κ1) is 13.4. The topological polar surface area (TPSA) is 94.8 Å². The molecule has 10 heavy (non-hydrogen) atoms. The molecule has 0 aromatic carbocycles. The molecule has 0 aliphatic rings. The molecule has 0 aliphatic heterocycles. The molecule has 0 saturated carbocycles. The summed E-state index contributed by atoms with van der Waals surface area (Å²) in [6.07, 6.45) is -1.47. The van der Waals surface area contributed by atoms with E-state index in [1.807, 2.05) is 0 Å². The van der Waals surface area contributed by atoms with Crippen LogP contribution in [0.1, 0.15) is 8.35 Å². The molecule has 7 heteroatoms. The van der Waals surface area contributed by atoms with Gasteiger partial charge in [0.25, 0.3) is 10.1 Å². The van der Waals surface area contributed by atoms with Crippen molar-refractivity contribution in [1.82, 2.24) is 0 Å². The van der Waals surface area contributed by atoms with E-state index in [0.29, 0.717) is 0 Å². The Morgan fingerprint density at radius 1 is 1.40 bits per heavy atom. The Hall–Kier alpha value is 0.830. The van der Waals surface area contributed by atoms with Crippen LogP contribution in [0.15, 0.2) is 0 Å². The van der Waals surface area contributed by atoms with Gasteiger partial charge in [-0.1, -0.05) is 0 Å². The molecule has 2 atom stereocenters. The fraction of sp³-hybridized carbons (Fsp3) is 1.00. The van der Waals surface area contributed by atoms with E-state index < -0.39 is 21.7 Å². The quantitative estimate of drug-likeness (QED) is 0.295. The summed E-state index contributed by atoms with van der Waals surface area (Å²) in [5.41, 5.74) is -2.10. The second-order valence-corrected chi connectivity index (χ2v) is 3.16. The van der Waals surface area contributed by atoms with Crippen molar-refractivity contribution in [2.45, 2.75) is 18.5 Å². The predicted octanol–water partition coefficient (Wildman–Crippen LogP) is -4.31. The van der Waals surface area contributed by atoms with Gasteiger partial charge in [0.1, 0.15) is 0 Å². The van der Waals surface area contributed by atoms with E-state index in [-0.39, 0.29) is 31.0 Å². The maximum absolute atomic E-state index is 9.92. The fourth-order valence-corrected chi connectivity index (χ4v) is 0.747. The molecule has 2 unspecified atom stereocenters. The smallest absolute Gasteiger partial charge is 1.00 e. The predicted molar refractivity (Wildman–Crippen MR) is 30.3 cm³/mol. The molecule has 58 valence electrons. The minimum Gasteiger partial charge on any atom is -1.00 e. The van der Waals surface area contributed by atoms with Crippen molar-refractivity contribution in [3.63, 3.8) is 0 Å². The fourth-order valence-electron chi connectivity index (χ4n) is 0.249. The van der Waals surface area contributed by atoms with Crippen LogP contribution < -0.4 is 29.6 Å². The van der Waals surface area contributed by atoms with Gasteiger partial charge < -0.3 is 11.6 Å². The molecular weight excluding hydrogens is 171 g/mol. The number of aliphatic hydroxyl groups excluding tert-OH is 2. The summed E-state index contributed by atoms with van der Waals surface area (Å²) >= 11 is 0. The Balaban J connectivity index is -0.000000320. The zero-order valence-electron chi connectivity index (χ0n) is 6.72. The van der Waals surface area contributed by atoms with E-state index in [1.54, 1.807) is 0 Å². The summed E-state index contributed by atoms with van der Waals surface area (Å²) in [7, 11) is -4.50. The molecule has 0 aromatic rings. The van der Waals surface area contributed by atoms with Crippen molar-refractivity contribution in [1.29, 1.82) is 0 Å². The molecule has 0 bridgehead atoms. The summed E-state index contributed by atoms with van der Waals surface area (Å²) in [5.74, 6) is 0. The van der Waals surface area contributed by atoms with Crippen LogP contribution >= 0.6 is 0 Å². The number of rotatable bonds is 2. The second kappa shape index (κ2) is 4.66. The van der Waals surface area contributed by atoms with E-state index in [2.05, 4.69) is 0 Å². The molecule has 0 radical (unpaired) electrons. The Morgan fingerprint density at radius 3 is 1.70 bits per heavy atom. The van der Waals surface area contributed by atoms with Gasteiger partial charge >= 0.3 is 29.6 Å². The van der Waals surface area contributed by atoms with Crippen LogP contribution in [0.4, 0.5) is 0 Å². The zero-order valence-corrected chi connectivity index (χ0v) is 8.54. The van der Waals surface area contributed by atoms with Gasteiger partial charge in [0.15, 0.2) is 0 Å². The third kappa shape index (κ3) is 4.62. The normalized spacial score (nSPS) is 17.2. The maximum atomic E-state index is 9.92. The van der Waals surface area contributed by atoms with Gasteiger partial charge in [-0.25, -0.2) is 0 Å². The standard InChI is InChI=1S/C3H8O5S.Na.H/c1-2(4)3(5)9(6,7)8;;/h2-5H,1H3,(H,6,7,8);;/q;+1;-1. The summed E-state index contributed by atoms with van der Waals surface area (Å²) in [6, 6.07) is 0. The van der Waals surface area contributed by atoms with Gasteiger partial charge in [0.2, 0.25) is 5.44 Å². The first-order valence-electron chi connectivity index (χ1n) is 2.18. The summed E-state index contributed by atoms with van der Waals surface area (Å²) < 4.78 is 27.9. The van der Waals surface area contributed by atoms with E-state index in [9.17, 15) is 8.42 Å². The van der Waals surface area contributed by atoms with Crippen molar-refractivity contribution in [2.24, 2.45) is 0 Å². The van der Waals surface area contributed by atoms with Gasteiger partial charge in [-0.2, -0.15) is 8.42 Å². The Kier molecular flexibility index (Phi) is 6.25. The van der Waals surface area contributed by atoms with Gasteiger partial charge in [-0.15, -0.1) is 0 Å². The van der Waals surface area contributed by atoms with E-state index >= 15 is 0 Å². The average Bonchev–Trinajstić information content (AvgIpc) is 1.62. The monoisotopic (exact) mass is 180 g/mol. The van der Waals surface area contributed by atoms with Gasteiger partial charge in [0, 0.05) is 0 Å². The third-order valence-electron chi connectivity index (χ3n) is 0.718. The van der Waals surface area contributed by atoms with Crippen LogP contribution in [0, 0.1) is 0 Å². The first-order chi connectivity index (χ1) is 3.85. The molecule has 0 saturated heterocycles. The van der Waals surface area contributed by atoms with Crippen molar-refractivity contribution in [2.75, 3.05) is 0 Å². The second-order valence-electron chi connectivity index (χ2n) is 1.65. The van der Waals surface area contributed by atoms with Crippen molar-refractivity contribution < 1.29 is 54.2 Å². The van der Waals surface area contributed by atoms with E-state index in [1.165, 1.54) is 0 Å². The largest absolute Gasteiger partial charge is 1.00 e. The molecule has 0 fully saturated rings. The van der Waals surface area contributed by atoms with Gasteiger partial charge in [-0.3, -0.25) is 4.55 Å². The molecule has 0 rings (SSSR count). The Labute approximate surface area is 82.6 Å². The van der Waals surface area contributed by atoms with Crippen LogP contribution in [0.5, 0.6) is 0 Å². The van der Waals surface area contributed by atoms with Crippen molar-refractivity contribution >= 4 is 10.1 Å². The average molecular weight is 180 g/mol. The molecule has 0 amide bonds. The van der Waals surface area contributed by atoms with E-state index in [0.717, 1.165) is 6.92 Å². The van der Waals surface area contributed by atoms with Gasteiger partial charge in [-0.05, 0) is 6.92 Å². The third-order valence-corrected chi connectivity index (χ3v) is 1.72. The minimum absolute atomic E-state index is 0. The van der Waals surface area contributed by atoms with Crippen molar-refractivity contribution in [3.8, 4) is 0 Å². The van der Waals surface area contributed by atoms with Crippen LogP contribution in [-0.4, -0.2) is 34.7 Å². The van der Waals surface area contributed by atoms with Crippen molar-refractivity contribution in [3.05, 3.63) is 0 Å². The maximum Gasteiger partial charge on any atom is 1.00 e. The Bertz CT molecular complexity index is 178. The van der Waals surface area contributed by atoms with Gasteiger partial charge in [0.05, 0.1) is 6.10 Å². The Morgan fingerprint density at radius 2 is 1.70 bits per heavy atom. The summed E-state index contributed by atoms with van der Waals surface area (Å²) in [5, 5.41) is 16.7. The first-order valence-corrected chi connectivity index (χ1v) is 3.68. The van der Waals surface area contributed by atoms with Crippen LogP contribution in [0.2, 0.25) is 0 Å². The number of hydrogen-bond acceptors (Lipinski definition) is 4. The molecule has 0 spiro atoms. The molecule has 3 N–H and O–H groups in total. The van der Waals surface area contributed by atoms with Crippen LogP contribution in [0.3, 0.4) is 0 Å². The zero-order chi connectivity index (χ0) is 7.65. The SMILES string of the molecule is CC(O)C(O)S(=O)(=O)O.[H-].[Na+]. The number of hydrogen-bond donors (Lipinski definition) is 3. The molecular formula is C3H9NaO5S. The molecule has 5 nitrogen and oxygen atoms in total. The minimum atomic E-state index is -4.50.